The van der Waals surface area contributed by atoms with Gasteiger partial charge < -0.3 is 22.9 Å². The van der Waals surface area contributed by atoms with Crippen molar-refractivity contribution in [2.24, 2.45) is 0 Å². The Morgan fingerprint density at radius 1 is 0.652 bits per heavy atom. The Morgan fingerprint density at radius 2 is 1.26 bits per heavy atom. The molecule has 8 N–H and O–H groups in total. The van der Waals surface area contributed by atoms with Crippen LogP contribution in [0, 0.1) is 20.8 Å². The molecule has 0 aromatic heterocycles. The van der Waals surface area contributed by atoms with Crippen LogP contribution in [0.5, 0.6) is 0 Å². The molecule has 0 aliphatic rings. The van der Waals surface area contributed by atoms with Gasteiger partial charge in [-0.05, 0) is 72.0 Å². The first-order chi connectivity index (χ1) is 10.8. The van der Waals surface area contributed by atoms with Crippen LogP contribution >= 0.6 is 0 Å². The molecule has 0 aliphatic heterocycles. The summed E-state index contributed by atoms with van der Waals surface area (Å²) in [4.78, 5) is 0. The van der Waals surface area contributed by atoms with Gasteiger partial charge in [-0.3, -0.25) is 0 Å². The van der Waals surface area contributed by atoms with Crippen molar-refractivity contribution >= 4 is 33.5 Å². The summed E-state index contributed by atoms with van der Waals surface area (Å²) < 4.78 is 0. The summed E-state index contributed by atoms with van der Waals surface area (Å²) in [6, 6.07) is 9.72. The first-order valence-electron chi connectivity index (χ1n) is 7.55. The van der Waals surface area contributed by atoms with Crippen LogP contribution in [0.4, 0.5) is 22.7 Å². The van der Waals surface area contributed by atoms with Gasteiger partial charge in [0.25, 0.3) is 0 Å². The first-order valence-corrected chi connectivity index (χ1v) is 7.55. The average molecular weight is 306 g/mol. The third-order valence-corrected chi connectivity index (χ3v) is 4.69. The van der Waals surface area contributed by atoms with Crippen molar-refractivity contribution in [1.82, 2.24) is 0 Å². The predicted molar refractivity (Wildman–Crippen MR) is 101 cm³/mol. The maximum absolute atomic E-state index is 6.32. The van der Waals surface area contributed by atoms with E-state index in [2.05, 4.69) is 0 Å². The highest BCUT2D eigenvalue weighted by Gasteiger charge is 2.18. The number of nitrogen functional groups attached to an aromatic ring is 4. The molecule has 3 aromatic rings. The molecule has 0 amide bonds. The largest absolute Gasteiger partial charge is 0.399 e. The molecule has 23 heavy (non-hydrogen) atoms. The van der Waals surface area contributed by atoms with Crippen LogP contribution in [-0.2, 0) is 0 Å². The van der Waals surface area contributed by atoms with E-state index in [0.717, 1.165) is 55.7 Å². The lowest BCUT2D eigenvalue weighted by atomic mass is 9.87. The number of hydrogen-bond donors (Lipinski definition) is 4. The number of hydrogen-bond acceptors (Lipinski definition) is 4. The van der Waals surface area contributed by atoms with Gasteiger partial charge in [-0.2, -0.15) is 0 Å². The molecule has 0 saturated heterocycles. The van der Waals surface area contributed by atoms with Gasteiger partial charge in [0, 0.05) is 28.3 Å². The smallest absolute Gasteiger partial charge is 0.0400 e. The lowest BCUT2D eigenvalue weighted by Gasteiger charge is -2.21. The summed E-state index contributed by atoms with van der Waals surface area (Å²) in [7, 11) is 0. The van der Waals surface area contributed by atoms with Crippen molar-refractivity contribution in [1.29, 1.82) is 0 Å². The fraction of sp³-hybridized carbons (Fsp3) is 0.158. The molecule has 118 valence electrons. The summed E-state index contributed by atoms with van der Waals surface area (Å²) >= 11 is 0. The normalized spacial score (nSPS) is 11.1. The van der Waals surface area contributed by atoms with Crippen LogP contribution in [0.1, 0.15) is 16.7 Å². The maximum Gasteiger partial charge on any atom is 0.0400 e. The van der Waals surface area contributed by atoms with Crippen LogP contribution < -0.4 is 22.9 Å². The van der Waals surface area contributed by atoms with Crippen LogP contribution in [0.3, 0.4) is 0 Å². The van der Waals surface area contributed by atoms with E-state index in [9.17, 15) is 0 Å². The fourth-order valence-electron chi connectivity index (χ4n) is 3.28. The maximum atomic E-state index is 6.32. The second kappa shape index (κ2) is 5.09. The van der Waals surface area contributed by atoms with Gasteiger partial charge in [-0.15, -0.1) is 0 Å². The zero-order valence-corrected chi connectivity index (χ0v) is 13.7. The zero-order valence-electron chi connectivity index (χ0n) is 13.7. The SMILES string of the molecule is Cc1c(N)c(C)c(-c2c(N)ccc3cc(N)ccc23)c(C)c1N. The Balaban J connectivity index is 2.49. The van der Waals surface area contributed by atoms with Crippen molar-refractivity contribution in [2.45, 2.75) is 20.8 Å². The molecule has 0 radical (unpaired) electrons. The molecule has 0 spiro atoms. The molecule has 0 unspecified atom stereocenters. The van der Waals surface area contributed by atoms with Crippen LogP contribution in [0.2, 0.25) is 0 Å². The van der Waals surface area contributed by atoms with Gasteiger partial charge in [-0.1, -0.05) is 12.1 Å². The third-order valence-electron chi connectivity index (χ3n) is 4.69. The Hall–Kier alpha value is -2.88. The lowest BCUT2D eigenvalue weighted by molar-refractivity contribution is 1.33. The van der Waals surface area contributed by atoms with Crippen molar-refractivity contribution in [3.8, 4) is 11.1 Å². The quantitative estimate of drug-likeness (QED) is 0.514. The Bertz CT molecular complexity index is 913. The highest BCUT2D eigenvalue weighted by atomic mass is 14.6. The highest BCUT2D eigenvalue weighted by Crippen LogP contribution is 2.43. The van der Waals surface area contributed by atoms with E-state index in [1.807, 2.05) is 51.1 Å². The monoisotopic (exact) mass is 306 g/mol. The van der Waals surface area contributed by atoms with E-state index >= 15 is 0 Å². The standard InChI is InChI=1S/C19H22N4/c1-9-16(10(2)19(23)11(3)18(9)22)17-14-6-5-13(20)8-12(14)4-7-15(17)21/h4-8H,20-23H2,1-3H3. The van der Waals surface area contributed by atoms with E-state index in [-0.39, 0.29) is 0 Å². The molecular formula is C19H22N4. The van der Waals surface area contributed by atoms with Gasteiger partial charge in [0.05, 0.1) is 0 Å². The van der Waals surface area contributed by atoms with Crippen molar-refractivity contribution in [3.05, 3.63) is 47.0 Å². The van der Waals surface area contributed by atoms with Gasteiger partial charge >= 0.3 is 0 Å². The van der Waals surface area contributed by atoms with E-state index in [4.69, 9.17) is 22.9 Å². The average Bonchev–Trinajstić information content (AvgIpc) is 2.53. The van der Waals surface area contributed by atoms with E-state index in [0.29, 0.717) is 5.69 Å². The number of anilines is 4. The Kier molecular flexibility index (Phi) is 3.33. The summed E-state index contributed by atoms with van der Waals surface area (Å²) in [5.74, 6) is 0. The molecule has 4 heteroatoms. The molecule has 0 fully saturated rings. The summed E-state index contributed by atoms with van der Waals surface area (Å²) in [5, 5.41) is 2.10. The molecule has 3 aromatic carbocycles. The number of rotatable bonds is 1. The molecule has 0 atom stereocenters. The van der Waals surface area contributed by atoms with Crippen molar-refractivity contribution < 1.29 is 0 Å². The first kappa shape index (κ1) is 15.0. The third kappa shape index (κ3) is 2.14. The van der Waals surface area contributed by atoms with Gasteiger partial charge in [0.2, 0.25) is 0 Å². The van der Waals surface area contributed by atoms with Crippen molar-refractivity contribution in [3.63, 3.8) is 0 Å². The van der Waals surface area contributed by atoms with Crippen LogP contribution in [0.25, 0.3) is 21.9 Å². The number of benzene rings is 3. The van der Waals surface area contributed by atoms with Crippen molar-refractivity contribution in [2.75, 3.05) is 22.9 Å². The minimum absolute atomic E-state index is 0.705. The van der Waals surface area contributed by atoms with Gasteiger partial charge in [-0.25, -0.2) is 0 Å². The number of nitrogens with two attached hydrogens (primary N) is 4. The van der Waals surface area contributed by atoms with E-state index in [1.54, 1.807) is 0 Å². The second-order valence-corrected chi connectivity index (χ2v) is 6.09. The zero-order chi connectivity index (χ0) is 16.9. The molecule has 3 rings (SSSR count). The summed E-state index contributed by atoms with van der Waals surface area (Å²) in [6.07, 6.45) is 0. The molecule has 0 heterocycles. The highest BCUT2D eigenvalue weighted by molar-refractivity contribution is 6.06. The minimum Gasteiger partial charge on any atom is -0.399 e. The topological polar surface area (TPSA) is 104 Å². The molecular weight excluding hydrogens is 284 g/mol. The molecule has 0 aliphatic carbocycles. The Labute approximate surface area is 136 Å². The number of fused-ring (bicyclic) bond motifs is 1. The fourth-order valence-corrected chi connectivity index (χ4v) is 3.28. The lowest BCUT2D eigenvalue weighted by Crippen LogP contribution is -2.05. The van der Waals surface area contributed by atoms with Crippen LogP contribution in [-0.4, -0.2) is 0 Å². The Morgan fingerprint density at radius 3 is 1.87 bits per heavy atom. The second-order valence-electron chi connectivity index (χ2n) is 6.09. The molecule has 0 saturated carbocycles. The van der Waals surface area contributed by atoms with Crippen LogP contribution in [0.15, 0.2) is 30.3 Å². The minimum atomic E-state index is 0.705. The molecule has 0 bridgehead atoms. The predicted octanol–water partition coefficient (Wildman–Crippen LogP) is 3.76. The van der Waals surface area contributed by atoms with E-state index in [1.165, 1.54) is 0 Å². The summed E-state index contributed by atoms with van der Waals surface area (Å²) in [6.45, 7) is 5.97. The summed E-state index contributed by atoms with van der Waals surface area (Å²) in [5.41, 5.74) is 32.5. The van der Waals surface area contributed by atoms with Gasteiger partial charge in [0.15, 0.2) is 0 Å². The van der Waals surface area contributed by atoms with E-state index < -0.39 is 0 Å². The molecule has 4 nitrogen and oxygen atoms in total. The van der Waals surface area contributed by atoms with Gasteiger partial charge in [0.1, 0.15) is 0 Å².